The Balaban J connectivity index is 2.34. The van der Waals surface area contributed by atoms with Crippen molar-refractivity contribution in [3.05, 3.63) is 0 Å². The van der Waals surface area contributed by atoms with Crippen LogP contribution in [0.4, 0.5) is 0 Å². The van der Waals surface area contributed by atoms with E-state index >= 15 is 0 Å². The van der Waals surface area contributed by atoms with Crippen molar-refractivity contribution in [3.63, 3.8) is 0 Å². The highest BCUT2D eigenvalue weighted by molar-refractivity contribution is 4.80. The molecule has 1 N–H and O–H groups in total. The Morgan fingerprint density at radius 1 is 1.33 bits per heavy atom. The maximum Gasteiger partial charge on any atom is 0.0107 e. The van der Waals surface area contributed by atoms with E-state index in [1.165, 1.54) is 32.2 Å². The third-order valence-corrected chi connectivity index (χ3v) is 3.97. The summed E-state index contributed by atoms with van der Waals surface area (Å²) in [6.45, 7) is 7.05. The van der Waals surface area contributed by atoms with Gasteiger partial charge in [-0.1, -0.05) is 26.7 Å². The van der Waals surface area contributed by atoms with Crippen LogP contribution in [0.25, 0.3) is 0 Å². The molecule has 2 atom stereocenters. The quantitative estimate of drug-likeness (QED) is 0.752. The molecule has 0 aromatic carbocycles. The molecular weight excluding hydrogens is 184 g/mol. The predicted octanol–water partition coefficient (Wildman–Crippen LogP) is 2.35. The molecule has 0 spiro atoms. The monoisotopic (exact) mass is 212 g/mol. The van der Waals surface area contributed by atoms with Gasteiger partial charge in [-0.2, -0.15) is 0 Å². The minimum absolute atomic E-state index is 0.833. The highest BCUT2D eigenvalue weighted by atomic mass is 15.1. The average Bonchev–Trinajstić information content (AvgIpc) is 2.26. The number of rotatable bonds is 5. The van der Waals surface area contributed by atoms with Crippen molar-refractivity contribution in [2.75, 3.05) is 27.2 Å². The van der Waals surface area contributed by atoms with Gasteiger partial charge in [0, 0.05) is 19.1 Å². The summed E-state index contributed by atoms with van der Waals surface area (Å²) in [5, 5.41) is 3.23. The summed E-state index contributed by atoms with van der Waals surface area (Å²) in [4.78, 5) is 2.55. The van der Waals surface area contributed by atoms with Crippen molar-refractivity contribution in [1.82, 2.24) is 10.2 Å². The lowest BCUT2D eigenvalue weighted by molar-refractivity contribution is 0.138. The maximum absolute atomic E-state index is 3.23. The molecule has 0 heterocycles. The zero-order valence-corrected chi connectivity index (χ0v) is 10.9. The minimum Gasteiger partial charge on any atom is -0.318 e. The molecule has 0 aromatic rings. The normalized spacial score (nSPS) is 27.6. The van der Waals surface area contributed by atoms with Gasteiger partial charge in [-0.05, 0) is 38.8 Å². The fourth-order valence-corrected chi connectivity index (χ4v) is 2.68. The maximum atomic E-state index is 3.23. The van der Waals surface area contributed by atoms with Crippen LogP contribution in [0.1, 0.15) is 39.5 Å². The topological polar surface area (TPSA) is 15.3 Å². The standard InChI is InChI=1S/C13H28N2/c1-11(2)12-6-5-7-13(10-12)15(4)9-8-14-3/h11-14H,5-10H2,1-4H3. The zero-order valence-electron chi connectivity index (χ0n) is 10.9. The van der Waals surface area contributed by atoms with Crippen LogP contribution in [0.5, 0.6) is 0 Å². The Kier molecular flexibility index (Phi) is 5.62. The van der Waals surface area contributed by atoms with Crippen LogP contribution in [-0.4, -0.2) is 38.1 Å². The van der Waals surface area contributed by atoms with Gasteiger partial charge < -0.3 is 10.2 Å². The molecule has 1 rings (SSSR count). The lowest BCUT2D eigenvalue weighted by atomic mass is 9.79. The summed E-state index contributed by atoms with van der Waals surface area (Å²) >= 11 is 0. The molecule has 1 saturated carbocycles. The molecule has 1 aliphatic carbocycles. The molecule has 0 bridgehead atoms. The minimum atomic E-state index is 0.833. The summed E-state index contributed by atoms with van der Waals surface area (Å²) in [5.74, 6) is 1.83. The first-order valence-corrected chi connectivity index (χ1v) is 6.50. The Morgan fingerprint density at radius 3 is 2.67 bits per heavy atom. The number of nitrogens with zero attached hydrogens (tertiary/aromatic N) is 1. The smallest absolute Gasteiger partial charge is 0.0107 e. The molecule has 90 valence electrons. The number of hydrogen-bond donors (Lipinski definition) is 1. The molecule has 1 aliphatic rings. The Morgan fingerprint density at radius 2 is 2.07 bits per heavy atom. The third-order valence-electron chi connectivity index (χ3n) is 3.97. The summed E-state index contributed by atoms with van der Waals surface area (Å²) < 4.78 is 0. The van der Waals surface area contributed by atoms with Gasteiger partial charge in [-0.25, -0.2) is 0 Å². The molecule has 0 saturated heterocycles. The third kappa shape index (κ3) is 4.12. The molecule has 2 heteroatoms. The van der Waals surface area contributed by atoms with Crippen molar-refractivity contribution in [2.45, 2.75) is 45.6 Å². The SMILES string of the molecule is CNCCN(C)C1CCCC(C(C)C)C1. The van der Waals surface area contributed by atoms with Gasteiger partial charge in [0.1, 0.15) is 0 Å². The molecular formula is C13H28N2. The van der Waals surface area contributed by atoms with E-state index in [1.54, 1.807) is 0 Å². The van der Waals surface area contributed by atoms with Crippen LogP contribution in [0.3, 0.4) is 0 Å². The van der Waals surface area contributed by atoms with Crippen LogP contribution in [-0.2, 0) is 0 Å². The van der Waals surface area contributed by atoms with E-state index in [2.05, 4.69) is 31.1 Å². The molecule has 1 fully saturated rings. The van der Waals surface area contributed by atoms with Crippen molar-refractivity contribution in [3.8, 4) is 0 Å². The van der Waals surface area contributed by atoms with Gasteiger partial charge in [0.05, 0.1) is 0 Å². The van der Waals surface area contributed by atoms with Crippen LogP contribution in [0.2, 0.25) is 0 Å². The number of likely N-dealkylation sites (N-methyl/N-ethyl adjacent to an activating group) is 2. The lowest BCUT2D eigenvalue weighted by Crippen LogP contribution is -2.40. The largest absolute Gasteiger partial charge is 0.318 e. The molecule has 0 radical (unpaired) electrons. The first kappa shape index (κ1) is 13.0. The predicted molar refractivity (Wildman–Crippen MR) is 67.1 cm³/mol. The van der Waals surface area contributed by atoms with Crippen molar-refractivity contribution in [2.24, 2.45) is 11.8 Å². The fourth-order valence-electron chi connectivity index (χ4n) is 2.68. The fraction of sp³-hybridized carbons (Fsp3) is 1.00. The van der Waals surface area contributed by atoms with Gasteiger partial charge in [0.15, 0.2) is 0 Å². The number of hydrogen-bond acceptors (Lipinski definition) is 2. The Labute approximate surface area is 95.4 Å². The summed E-state index contributed by atoms with van der Waals surface area (Å²) in [6.07, 6.45) is 5.70. The molecule has 0 aromatic heterocycles. The van der Waals surface area contributed by atoms with E-state index in [-0.39, 0.29) is 0 Å². The second-order valence-electron chi connectivity index (χ2n) is 5.41. The van der Waals surface area contributed by atoms with E-state index in [0.717, 1.165) is 24.4 Å². The molecule has 2 unspecified atom stereocenters. The second kappa shape index (κ2) is 6.49. The Hall–Kier alpha value is -0.0800. The van der Waals surface area contributed by atoms with Crippen LogP contribution in [0.15, 0.2) is 0 Å². The summed E-state index contributed by atoms with van der Waals surface area (Å²) in [7, 11) is 4.32. The first-order valence-electron chi connectivity index (χ1n) is 6.50. The summed E-state index contributed by atoms with van der Waals surface area (Å²) in [6, 6.07) is 0.833. The van der Waals surface area contributed by atoms with Crippen LogP contribution >= 0.6 is 0 Å². The Bertz CT molecular complexity index is 168. The van der Waals surface area contributed by atoms with Gasteiger partial charge >= 0.3 is 0 Å². The van der Waals surface area contributed by atoms with Gasteiger partial charge in [-0.15, -0.1) is 0 Å². The van der Waals surface area contributed by atoms with Gasteiger partial charge in [0.25, 0.3) is 0 Å². The lowest BCUT2D eigenvalue weighted by Gasteiger charge is -2.37. The summed E-state index contributed by atoms with van der Waals surface area (Å²) in [5.41, 5.74) is 0. The van der Waals surface area contributed by atoms with Crippen molar-refractivity contribution in [1.29, 1.82) is 0 Å². The molecule has 0 amide bonds. The van der Waals surface area contributed by atoms with Gasteiger partial charge in [-0.3, -0.25) is 0 Å². The molecule has 15 heavy (non-hydrogen) atoms. The second-order valence-corrected chi connectivity index (χ2v) is 5.41. The van der Waals surface area contributed by atoms with E-state index in [4.69, 9.17) is 0 Å². The van der Waals surface area contributed by atoms with E-state index in [9.17, 15) is 0 Å². The zero-order chi connectivity index (χ0) is 11.3. The highest BCUT2D eigenvalue weighted by Crippen LogP contribution is 2.31. The van der Waals surface area contributed by atoms with Crippen molar-refractivity contribution < 1.29 is 0 Å². The van der Waals surface area contributed by atoms with E-state index < -0.39 is 0 Å². The first-order chi connectivity index (χ1) is 7.15. The highest BCUT2D eigenvalue weighted by Gasteiger charge is 2.26. The van der Waals surface area contributed by atoms with Crippen LogP contribution < -0.4 is 5.32 Å². The van der Waals surface area contributed by atoms with E-state index in [0.29, 0.717) is 0 Å². The average molecular weight is 212 g/mol. The molecule has 2 nitrogen and oxygen atoms in total. The van der Waals surface area contributed by atoms with Crippen LogP contribution in [0, 0.1) is 11.8 Å². The van der Waals surface area contributed by atoms with Crippen molar-refractivity contribution >= 4 is 0 Å². The van der Waals surface area contributed by atoms with E-state index in [1.807, 2.05) is 7.05 Å². The van der Waals surface area contributed by atoms with Gasteiger partial charge in [0.2, 0.25) is 0 Å². The number of nitrogens with one attached hydrogen (secondary N) is 1. The molecule has 0 aliphatic heterocycles.